The minimum atomic E-state index is 0.503. The van der Waals surface area contributed by atoms with E-state index >= 15 is 0 Å². The number of aromatic nitrogens is 1. The number of nitrogens with zero attached hydrogens (tertiary/aromatic N) is 1. The molecule has 17 heavy (non-hydrogen) atoms. The minimum absolute atomic E-state index is 0.503. The number of hydrogen-bond donors (Lipinski definition) is 1. The molecule has 0 spiro atoms. The van der Waals surface area contributed by atoms with Crippen molar-refractivity contribution in [3.8, 4) is 0 Å². The molecule has 2 aromatic rings. The topological polar surface area (TPSA) is 38.9 Å². The van der Waals surface area contributed by atoms with Crippen molar-refractivity contribution in [3.05, 3.63) is 44.0 Å². The van der Waals surface area contributed by atoms with Gasteiger partial charge in [0.25, 0.3) is 0 Å². The molecule has 3 rings (SSSR count). The van der Waals surface area contributed by atoms with Gasteiger partial charge >= 0.3 is 0 Å². The van der Waals surface area contributed by atoms with Crippen LogP contribution in [0.15, 0.2) is 24.3 Å². The number of halogens is 1. The van der Waals surface area contributed by atoms with Crippen molar-refractivity contribution >= 4 is 39.1 Å². The number of thiazole rings is 1. The molecule has 1 aliphatic rings. The quantitative estimate of drug-likeness (QED) is 0.790. The van der Waals surface area contributed by atoms with Crippen LogP contribution in [0.3, 0.4) is 0 Å². The molecule has 0 bridgehead atoms. The Labute approximate surface area is 118 Å². The molecule has 0 fully saturated rings. The van der Waals surface area contributed by atoms with E-state index in [-0.39, 0.29) is 0 Å². The van der Waals surface area contributed by atoms with Gasteiger partial charge < -0.3 is 5.73 Å². The van der Waals surface area contributed by atoms with E-state index in [2.05, 4.69) is 51.8 Å². The lowest BCUT2D eigenvalue weighted by atomic mass is 9.86. The van der Waals surface area contributed by atoms with Crippen LogP contribution >= 0.6 is 33.9 Å². The average molecular weight is 356 g/mol. The summed E-state index contributed by atoms with van der Waals surface area (Å²) >= 11 is 4.03. The van der Waals surface area contributed by atoms with Gasteiger partial charge in [0.15, 0.2) is 5.13 Å². The Kier molecular flexibility index (Phi) is 3.08. The van der Waals surface area contributed by atoms with Gasteiger partial charge in [-0.25, -0.2) is 4.98 Å². The predicted octanol–water partition coefficient (Wildman–Crippen LogP) is 3.80. The smallest absolute Gasteiger partial charge is 0.180 e. The number of benzene rings is 1. The lowest BCUT2D eigenvalue weighted by Gasteiger charge is -2.21. The molecule has 88 valence electrons. The first-order valence-electron chi connectivity index (χ1n) is 5.74. The molecule has 1 aliphatic carbocycles. The average Bonchev–Trinajstić information content (AvgIpc) is 2.68. The van der Waals surface area contributed by atoms with Crippen molar-refractivity contribution in [1.29, 1.82) is 0 Å². The Balaban J connectivity index is 2.05. The Hall–Kier alpha value is -0.620. The second-order valence-corrected chi connectivity index (χ2v) is 6.67. The predicted molar refractivity (Wildman–Crippen MR) is 80.5 cm³/mol. The van der Waals surface area contributed by atoms with Crippen LogP contribution < -0.4 is 5.73 Å². The Bertz CT molecular complexity index is 550. The molecule has 1 aromatic carbocycles. The Morgan fingerprint density at radius 1 is 1.41 bits per heavy atom. The van der Waals surface area contributed by atoms with Gasteiger partial charge in [-0.05, 0) is 59.5 Å². The minimum Gasteiger partial charge on any atom is -0.375 e. The highest BCUT2D eigenvalue weighted by Crippen LogP contribution is 2.40. The normalized spacial score (nSPS) is 19.0. The zero-order chi connectivity index (χ0) is 11.8. The lowest BCUT2D eigenvalue weighted by molar-refractivity contribution is 0.617. The summed E-state index contributed by atoms with van der Waals surface area (Å²) in [6.07, 6.45) is 3.52. The van der Waals surface area contributed by atoms with Crippen LogP contribution in [-0.4, -0.2) is 4.98 Å². The van der Waals surface area contributed by atoms with Crippen LogP contribution in [0.4, 0.5) is 5.13 Å². The van der Waals surface area contributed by atoms with Crippen molar-refractivity contribution in [2.24, 2.45) is 0 Å². The summed E-state index contributed by atoms with van der Waals surface area (Å²) in [6.45, 7) is 0. The van der Waals surface area contributed by atoms with E-state index in [1.165, 1.54) is 32.5 Å². The molecule has 0 radical (unpaired) electrons. The van der Waals surface area contributed by atoms with E-state index in [4.69, 9.17) is 5.73 Å². The standard InChI is InChI=1S/C13H13IN2S/c14-9-4-1-3-8(7-9)10-5-2-6-11-12(10)17-13(15)16-11/h1,3-4,7,10H,2,5-6H2,(H2,15,16). The van der Waals surface area contributed by atoms with Gasteiger partial charge in [0.1, 0.15) is 0 Å². The Morgan fingerprint density at radius 3 is 3.12 bits per heavy atom. The number of nitrogen functional groups attached to an aromatic ring is 1. The summed E-state index contributed by atoms with van der Waals surface area (Å²) in [5.74, 6) is 0.503. The first-order chi connectivity index (χ1) is 8.24. The molecular weight excluding hydrogens is 343 g/mol. The number of rotatable bonds is 1. The molecule has 2 N–H and O–H groups in total. The van der Waals surface area contributed by atoms with Crippen molar-refractivity contribution in [2.75, 3.05) is 5.73 Å². The molecule has 2 nitrogen and oxygen atoms in total. The second kappa shape index (κ2) is 4.57. The number of fused-ring (bicyclic) bond motifs is 1. The summed E-state index contributed by atoms with van der Waals surface area (Å²) in [5, 5.41) is 0.715. The van der Waals surface area contributed by atoms with E-state index in [1.807, 2.05) is 0 Å². The maximum absolute atomic E-state index is 5.83. The fourth-order valence-corrected chi connectivity index (χ4v) is 4.09. The van der Waals surface area contributed by atoms with E-state index in [0.29, 0.717) is 11.0 Å². The molecule has 4 heteroatoms. The molecule has 1 unspecified atom stereocenters. The van der Waals surface area contributed by atoms with Crippen LogP contribution in [0.1, 0.15) is 34.9 Å². The highest BCUT2D eigenvalue weighted by atomic mass is 127. The molecule has 0 saturated carbocycles. The summed E-state index contributed by atoms with van der Waals surface area (Å²) in [4.78, 5) is 5.83. The fraction of sp³-hybridized carbons (Fsp3) is 0.308. The van der Waals surface area contributed by atoms with Gasteiger partial charge in [-0.2, -0.15) is 0 Å². The second-order valence-electron chi connectivity index (χ2n) is 4.36. The van der Waals surface area contributed by atoms with Crippen molar-refractivity contribution in [2.45, 2.75) is 25.2 Å². The van der Waals surface area contributed by atoms with Crippen molar-refractivity contribution in [1.82, 2.24) is 4.98 Å². The summed E-state index contributed by atoms with van der Waals surface area (Å²) < 4.78 is 1.30. The number of aryl methyl sites for hydroxylation is 1. The van der Waals surface area contributed by atoms with E-state index in [1.54, 1.807) is 11.3 Å². The lowest BCUT2D eigenvalue weighted by Crippen LogP contribution is -2.09. The van der Waals surface area contributed by atoms with Crippen molar-refractivity contribution in [3.63, 3.8) is 0 Å². The Morgan fingerprint density at radius 2 is 2.29 bits per heavy atom. The van der Waals surface area contributed by atoms with E-state index < -0.39 is 0 Å². The molecule has 1 atom stereocenters. The summed E-state index contributed by atoms with van der Waals surface area (Å²) in [7, 11) is 0. The maximum atomic E-state index is 5.83. The number of anilines is 1. The largest absolute Gasteiger partial charge is 0.375 e. The van der Waals surface area contributed by atoms with Gasteiger partial charge in [-0.15, -0.1) is 11.3 Å². The number of nitrogens with two attached hydrogens (primary N) is 1. The van der Waals surface area contributed by atoms with Gasteiger partial charge in [0, 0.05) is 14.4 Å². The molecule has 0 saturated heterocycles. The molecule has 1 aromatic heterocycles. The van der Waals surface area contributed by atoms with Gasteiger partial charge in [-0.3, -0.25) is 0 Å². The molecule has 0 amide bonds. The summed E-state index contributed by atoms with van der Waals surface area (Å²) in [6, 6.07) is 8.76. The zero-order valence-electron chi connectivity index (χ0n) is 9.32. The molecule has 0 aliphatic heterocycles. The third-order valence-corrected chi connectivity index (χ3v) is 4.93. The van der Waals surface area contributed by atoms with Gasteiger partial charge in [-0.1, -0.05) is 12.1 Å². The molecular formula is C13H13IN2S. The first kappa shape index (κ1) is 11.5. The van der Waals surface area contributed by atoms with Crippen LogP contribution in [0.2, 0.25) is 0 Å². The highest BCUT2D eigenvalue weighted by Gasteiger charge is 2.25. The third kappa shape index (κ3) is 2.20. The third-order valence-electron chi connectivity index (χ3n) is 3.22. The summed E-state index contributed by atoms with van der Waals surface area (Å²) in [5.41, 5.74) is 8.46. The maximum Gasteiger partial charge on any atom is 0.180 e. The van der Waals surface area contributed by atoms with Crippen molar-refractivity contribution < 1.29 is 0 Å². The van der Waals surface area contributed by atoms with Crippen LogP contribution in [0.5, 0.6) is 0 Å². The van der Waals surface area contributed by atoms with Crippen LogP contribution in [-0.2, 0) is 6.42 Å². The monoisotopic (exact) mass is 356 g/mol. The van der Waals surface area contributed by atoms with Crippen LogP contribution in [0.25, 0.3) is 0 Å². The highest BCUT2D eigenvalue weighted by molar-refractivity contribution is 14.1. The van der Waals surface area contributed by atoms with Crippen LogP contribution in [0, 0.1) is 3.57 Å². The molecule has 1 heterocycles. The fourth-order valence-electron chi connectivity index (χ4n) is 2.48. The van der Waals surface area contributed by atoms with Gasteiger partial charge in [0.05, 0.1) is 5.69 Å². The first-order valence-corrected chi connectivity index (χ1v) is 7.64. The van der Waals surface area contributed by atoms with E-state index in [9.17, 15) is 0 Å². The van der Waals surface area contributed by atoms with E-state index in [0.717, 1.165) is 6.42 Å². The zero-order valence-corrected chi connectivity index (χ0v) is 12.3. The SMILES string of the molecule is Nc1nc2c(s1)C(c1cccc(I)c1)CCC2. The van der Waals surface area contributed by atoms with Gasteiger partial charge in [0.2, 0.25) is 0 Å². The number of hydrogen-bond acceptors (Lipinski definition) is 3.